The molecule has 90 valence electrons. The van der Waals surface area contributed by atoms with Crippen LogP contribution in [-0.4, -0.2) is 25.4 Å². The summed E-state index contributed by atoms with van der Waals surface area (Å²) in [6.45, 7) is 0. The van der Waals surface area contributed by atoms with E-state index >= 15 is 0 Å². The average molecular weight is 320 g/mol. The van der Waals surface area contributed by atoms with Gasteiger partial charge in [0, 0.05) is 0 Å². The van der Waals surface area contributed by atoms with Gasteiger partial charge < -0.3 is 0 Å². The first-order chi connectivity index (χ1) is 8.81. The van der Waals surface area contributed by atoms with Gasteiger partial charge in [0.05, 0.1) is 0 Å². The third-order valence-electron chi connectivity index (χ3n) is 2.79. The van der Waals surface area contributed by atoms with E-state index in [1.165, 1.54) is 4.26 Å². The first kappa shape index (κ1) is 11.7. The summed E-state index contributed by atoms with van der Waals surface area (Å²) in [5.41, 5.74) is 1.15. The second-order valence-corrected chi connectivity index (χ2v) is 6.32. The van der Waals surface area contributed by atoms with Crippen molar-refractivity contribution in [1.82, 2.24) is 3.56 Å². The van der Waals surface area contributed by atoms with Gasteiger partial charge in [0.25, 0.3) is 0 Å². The van der Waals surface area contributed by atoms with Crippen LogP contribution >= 0.6 is 12.2 Å². The minimum absolute atomic E-state index is 0.197. The van der Waals surface area contributed by atoms with Gasteiger partial charge in [-0.3, -0.25) is 0 Å². The van der Waals surface area contributed by atoms with Crippen LogP contribution in [0.3, 0.4) is 0 Å². The summed E-state index contributed by atoms with van der Waals surface area (Å²) >= 11 is 5.79. The van der Waals surface area contributed by atoms with E-state index in [2.05, 4.69) is 21.8 Å². The SMILES string of the molecule is COc1cccc2[se]n(-c3ccccc3)c(=S)c12. The molecule has 3 rings (SSSR count). The Labute approximate surface area is 116 Å². The van der Waals surface area contributed by atoms with Gasteiger partial charge >= 0.3 is 117 Å². The molecule has 0 unspecified atom stereocenters. The van der Waals surface area contributed by atoms with E-state index < -0.39 is 0 Å². The van der Waals surface area contributed by atoms with Gasteiger partial charge in [-0.05, 0) is 0 Å². The number of para-hydroxylation sites is 1. The normalized spacial score (nSPS) is 10.7. The number of nitrogens with zero attached hydrogens (tertiary/aromatic N) is 1. The van der Waals surface area contributed by atoms with Crippen LogP contribution in [0.4, 0.5) is 0 Å². The van der Waals surface area contributed by atoms with Crippen molar-refractivity contribution in [3.63, 3.8) is 0 Å². The van der Waals surface area contributed by atoms with Crippen LogP contribution in [-0.2, 0) is 0 Å². The molecule has 1 aromatic heterocycles. The summed E-state index contributed by atoms with van der Waals surface area (Å²) < 4.78 is 9.77. The maximum atomic E-state index is 5.59. The number of rotatable bonds is 2. The summed E-state index contributed by atoms with van der Waals surface area (Å²) in [7, 11) is 1.69. The van der Waals surface area contributed by atoms with E-state index in [0.717, 1.165) is 21.5 Å². The summed E-state index contributed by atoms with van der Waals surface area (Å²) in [5, 5.41) is 1.08. The quantitative estimate of drug-likeness (QED) is 0.530. The summed E-state index contributed by atoms with van der Waals surface area (Å²) in [4.78, 5) is 0. The molecule has 18 heavy (non-hydrogen) atoms. The number of hydrogen-bond acceptors (Lipinski definition) is 2. The summed E-state index contributed by atoms with van der Waals surface area (Å²) in [6, 6.07) is 16.4. The summed E-state index contributed by atoms with van der Waals surface area (Å²) in [5.74, 6) is 0.873. The number of methoxy groups -OCH3 is 1. The van der Waals surface area contributed by atoms with Crippen molar-refractivity contribution >= 4 is 36.6 Å². The Balaban J connectivity index is 2.34. The van der Waals surface area contributed by atoms with E-state index in [-0.39, 0.29) is 14.7 Å². The fraction of sp³-hybridized carbons (Fsp3) is 0.0714. The molecule has 3 aromatic rings. The molecule has 0 atom stereocenters. The van der Waals surface area contributed by atoms with Gasteiger partial charge in [-0.15, -0.1) is 0 Å². The molecular formula is C14H11NOSSe. The Bertz CT molecular complexity index is 745. The molecule has 0 saturated carbocycles. The van der Waals surface area contributed by atoms with Crippen LogP contribution in [0.2, 0.25) is 0 Å². The number of fused-ring (bicyclic) bond motifs is 1. The third kappa shape index (κ3) is 1.83. The van der Waals surface area contributed by atoms with E-state index in [9.17, 15) is 0 Å². The third-order valence-corrected chi connectivity index (χ3v) is 5.77. The molecule has 2 nitrogen and oxygen atoms in total. The Kier molecular flexibility index (Phi) is 3.08. The van der Waals surface area contributed by atoms with Crippen molar-refractivity contribution in [3.8, 4) is 11.4 Å². The molecule has 0 radical (unpaired) electrons. The Morgan fingerprint density at radius 3 is 2.56 bits per heavy atom. The molecule has 0 fully saturated rings. The number of hydrogen-bond donors (Lipinski definition) is 0. The molecular weight excluding hydrogens is 309 g/mol. The van der Waals surface area contributed by atoms with Crippen LogP contribution in [0.25, 0.3) is 15.3 Å². The number of ether oxygens (including phenoxy) is 1. The molecule has 2 aromatic carbocycles. The molecule has 0 aliphatic rings. The van der Waals surface area contributed by atoms with Gasteiger partial charge in [0.1, 0.15) is 0 Å². The molecule has 1 heterocycles. The van der Waals surface area contributed by atoms with Crippen molar-refractivity contribution < 1.29 is 4.74 Å². The predicted octanol–water partition coefficient (Wildman–Crippen LogP) is 3.43. The Morgan fingerprint density at radius 2 is 1.83 bits per heavy atom. The molecule has 0 N–H and O–H groups in total. The molecule has 0 aliphatic heterocycles. The van der Waals surface area contributed by atoms with Crippen molar-refractivity contribution in [2.24, 2.45) is 0 Å². The van der Waals surface area contributed by atoms with Crippen molar-refractivity contribution in [3.05, 3.63) is 53.2 Å². The zero-order valence-electron chi connectivity index (χ0n) is 9.79. The van der Waals surface area contributed by atoms with Gasteiger partial charge in [-0.1, -0.05) is 0 Å². The van der Waals surface area contributed by atoms with Gasteiger partial charge in [0.15, 0.2) is 0 Å². The zero-order valence-corrected chi connectivity index (χ0v) is 12.3. The van der Waals surface area contributed by atoms with Crippen LogP contribution in [0.15, 0.2) is 48.5 Å². The van der Waals surface area contributed by atoms with E-state index in [1.807, 2.05) is 30.3 Å². The summed E-state index contributed by atoms with van der Waals surface area (Å²) in [6.07, 6.45) is 0. The molecule has 0 amide bonds. The van der Waals surface area contributed by atoms with E-state index in [0.29, 0.717) is 0 Å². The average Bonchev–Trinajstić information content (AvgIpc) is 2.77. The van der Waals surface area contributed by atoms with Crippen LogP contribution in [0.1, 0.15) is 0 Å². The fourth-order valence-electron chi connectivity index (χ4n) is 1.94. The first-order valence-corrected chi connectivity index (χ1v) is 7.59. The van der Waals surface area contributed by atoms with Crippen molar-refractivity contribution in [1.29, 1.82) is 0 Å². The topological polar surface area (TPSA) is 14.2 Å². The molecule has 4 heteroatoms. The number of benzene rings is 2. The Morgan fingerprint density at radius 1 is 1.06 bits per heavy atom. The Hall–Kier alpha value is -1.35. The monoisotopic (exact) mass is 321 g/mol. The zero-order chi connectivity index (χ0) is 12.5. The molecule has 0 saturated heterocycles. The van der Waals surface area contributed by atoms with E-state index in [4.69, 9.17) is 17.0 Å². The van der Waals surface area contributed by atoms with Gasteiger partial charge in [0.2, 0.25) is 0 Å². The standard InChI is InChI=1S/C14H11NOSSe/c1-16-11-8-5-9-12-13(11)14(17)15(18-12)10-6-3-2-4-7-10/h2-9H,1H3. The second kappa shape index (κ2) is 4.73. The van der Waals surface area contributed by atoms with Crippen molar-refractivity contribution in [2.75, 3.05) is 7.11 Å². The first-order valence-electron chi connectivity index (χ1n) is 5.56. The van der Waals surface area contributed by atoms with Crippen LogP contribution in [0.5, 0.6) is 5.75 Å². The molecule has 0 spiro atoms. The van der Waals surface area contributed by atoms with Gasteiger partial charge in [-0.25, -0.2) is 0 Å². The molecule has 0 bridgehead atoms. The van der Waals surface area contributed by atoms with Crippen LogP contribution < -0.4 is 4.74 Å². The van der Waals surface area contributed by atoms with Gasteiger partial charge in [-0.2, -0.15) is 0 Å². The second-order valence-electron chi connectivity index (χ2n) is 3.86. The predicted molar refractivity (Wildman–Crippen MR) is 77.6 cm³/mol. The van der Waals surface area contributed by atoms with Crippen molar-refractivity contribution in [2.45, 2.75) is 0 Å². The van der Waals surface area contributed by atoms with E-state index in [1.54, 1.807) is 7.11 Å². The number of aromatic nitrogens is 1. The fourth-order valence-corrected chi connectivity index (χ4v) is 4.75. The maximum absolute atomic E-state index is 5.59. The van der Waals surface area contributed by atoms with Crippen LogP contribution in [0, 0.1) is 4.64 Å². The minimum atomic E-state index is 0.197. The molecule has 0 aliphatic carbocycles.